The summed E-state index contributed by atoms with van der Waals surface area (Å²) in [6.45, 7) is 0.379. The van der Waals surface area contributed by atoms with Crippen LogP contribution in [0.15, 0.2) is 0 Å². The van der Waals surface area contributed by atoms with Crippen LogP contribution in [0.25, 0.3) is 0 Å². The molecule has 0 saturated heterocycles. The molecule has 1 saturated carbocycles. The molecule has 0 unspecified atom stereocenters. The molecule has 0 aromatic rings. The minimum Gasteiger partial charge on any atom is -0.480 e. The molecule has 1 aliphatic rings. The molecular weight excluding hydrogens is 278 g/mol. The van der Waals surface area contributed by atoms with Crippen molar-refractivity contribution in [3.8, 4) is 0 Å². The van der Waals surface area contributed by atoms with Crippen molar-refractivity contribution in [1.29, 1.82) is 0 Å². The predicted molar refractivity (Wildman–Crippen MR) is 74.8 cm³/mol. The van der Waals surface area contributed by atoms with E-state index >= 15 is 0 Å². The summed E-state index contributed by atoms with van der Waals surface area (Å²) in [5, 5.41) is 11.6. The Hall–Kier alpha value is -1.67. The van der Waals surface area contributed by atoms with Crippen LogP contribution in [0.2, 0.25) is 0 Å². The Morgan fingerprint density at radius 3 is 2.43 bits per heavy atom. The number of likely N-dealkylation sites (N-methyl/N-ethyl adjacent to an activating group) is 1. The number of carbonyl (C=O) groups is 3. The van der Waals surface area contributed by atoms with E-state index in [1.54, 1.807) is 0 Å². The van der Waals surface area contributed by atoms with Crippen LogP contribution in [0.5, 0.6) is 0 Å². The van der Waals surface area contributed by atoms with Crippen LogP contribution in [0.3, 0.4) is 0 Å². The second-order valence-corrected chi connectivity index (χ2v) is 5.19. The number of ether oxygens (including phenoxy) is 1. The van der Waals surface area contributed by atoms with Crippen molar-refractivity contribution in [2.75, 3.05) is 46.9 Å². The van der Waals surface area contributed by atoms with Crippen LogP contribution in [-0.4, -0.2) is 85.7 Å². The lowest BCUT2D eigenvalue weighted by atomic mass is 10.4. The number of aliphatic carboxylic acids is 1. The van der Waals surface area contributed by atoms with E-state index < -0.39 is 5.97 Å². The highest BCUT2D eigenvalue weighted by atomic mass is 16.5. The largest absolute Gasteiger partial charge is 0.480 e. The minimum absolute atomic E-state index is 0.0134. The molecule has 21 heavy (non-hydrogen) atoms. The maximum atomic E-state index is 12.0. The van der Waals surface area contributed by atoms with Gasteiger partial charge in [-0.25, -0.2) is 0 Å². The Bertz CT molecular complexity index is 384. The van der Waals surface area contributed by atoms with Gasteiger partial charge in [0.15, 0.2) is 0 Å². The number of nitrogens with one attached hydrogen (secondary N) is 1. The number of carbonyl (C=O) groups excluding carboxylic acids is 2. The quantitative estimate of drug-likeness (QED) is 0.523. The first-order valence-corrected chi connectivity index (χ1v) is 6.88. The molecule has 8 heteroatoms. The van der Waals surface area contributed by atoms with Crippen molar-refractivity contribution < 1.29 is 24.2 Å². The third-order valence-corrected chi connectivity index (χ3v) is 3.08. The van der Waals surface area contributed by atoms with E-state index in [1.165, 1.54) is 24.0 Å². The van der Waals surface area contributed by atoms with E-state index in [9.17, 15) is 14.4 Å². The molecule has 8 nitrogen and oxygen atoms in total. The molecule has 120 valence electrons. The lowest BCUT2D eigenvalue weighted by molar-refractivity contribution is -0.140. The van der Waals surface area contributed by atoms with Crippen LogP contribution in [0.1, 0.15) is 12.8 Å². The third kappa shape index (κ3) is 7.62. The smallest absolute Gasteiger partial charge is 0.317 e. The number of carboxylic acid groups (broad SMARTS) is 1. The first kappa shape index (κ1) is 17.4. The summed E-state index contributed by atoms with van der Waals surface area (Å²) >= 11 is 0. The van der Waals surface area contributed by atoms with Gasteiger partial charge in [0.2, 0.25) is 11.8 Å². The van der Waals surface area contributed by atoms with Gasteiger partial charge >= 0.3 is 5.97 Å². The van der Waals surface area contributed by atoms with Crippen LogP contribution >= 0.6 is 0 Å². The zero-order chi connectivity index (χ0) is 15.8. The highest BCUT2D eigenvalue weighted by Gasteiger charge is 2.24. The van der Waals surface area contributed by atoms with Gasteiger partial charge in [-0.15, -0.1) is 0 Å². The molecule has 1 rings (SSSR count). The fraction of sp³-hybridized carbons (Fsp3) is 0.769. The monoisotopic (exact) mass is 301 g/mol. The normalized spacial score (nSPS) is 14.0. The van der Waals surface area contributed by atoms with Crippen LogP contribution in [0.4, 0.5) is 0 Å². The standard InChI is InChI=1S/C13H23N3O5/c1-15(7-11(17)14-10-3-4-10)12(18)8-16(5-6-21-2)9-13(19)20/h10H,3-9H2,1-2H3,(H,14,17)(H,19,20). The fourth-order valence-corrected chi connectivity index (χ4v) is 1.74. The van der Waals surface area contributed by atoms with Gasteiger partial charge in [0.1, 0.15) is 0 Å². The van der Waals surface area contributed by atoms with Crippen molar-refractivity contribution in [3.63, 3.8) is 0 Å². The Morgan fingerprint density at radius 2 is 1.90 bits per heavy atom. The summed E-state index contributed by atoms with van der Waals surface area (Å²) in [5.41, 5.74) is 0. The van der Waals surface area contributed by atoms with Gasteiger partial charge in [-0.05, 0) is 12.8 Å². The molecule has 0 radical (unpaired) electrons. The fourth-order valence-electron chi connectivity index (χ4n) is 1.74. The molecule has 0 spiro atoms. The van der Waals surface area contributed by atoms with Gasteiger partial charge in [-0.1, -0.05) is 0 Å². The number of hydrogen-bond acceptors (Lipinski definition) is 5. The van der Waals surface area contributed by atoms with E-state index in [-0.39, 0.29) is 37.5 Å². The predicted octanol–water partition coefficient (Wildman–Crippen LogP) is -1.24. The van der Waals surface area contributed by atoms with E-state index in [1.807, 2.05) is 0 Å². The van der Waals surface area contributed by atoms with E-state index in [2.05, 4.69) is 5.32 Å². The van der Waals surface area contributed by atoms with Crippen molar-refractivity contribution in [2.45, 2.75) is 18.9 Å². The van der Waals surface area contributed by atoms with Gasteiger partial charge < -0.3 is 20.1 Å². The lowest BCUT2D eigenvalue weighted by Crippen LogP contribution is -2.45. The third-order valence-electron chi connectivity index (χ3n) is 3.08. The summed E-state index contributed by atoms with van der Waals surface area (Å²) in [7, 11) is 3.04. The first-order chi connectivity index (χ1) is 9.92. The maximum absolute atomic E-state index is 12.0. The number of rotatable bonds is 10. The molecular formula is C13H23N3O5. The molecule has 1 fully saturated rings. The average molecular weight is 301 g/mol. The van der Waals surface area contributed by atoms with Crippen LogP contribution in [0, 0.1) is 0 Å². The maximum Gasteiger partial charge on any atom is 0.317 e. The number of methoxy groups -OCH3 is 1. The Labute approximate surface area is 124 Å². The molecule has 1 aliphatic carbocycles. The van der Waals surface area contributed by atoms with Crippen molar-refractivity contribution in [2.24, 2.45) is 0 Å². The van der Waals surface area contributed by atoms with Gasteiger partial charge in [0.25, 0.3) is 0 Å². The SMILES string of the molecule is COCCN(CC(=O)O)CC(=O)N(C)CC(=O)NC1CC1. The van der Waals surface area contributed by atoms with E-state index in [4.69, 9.17) is 9.84 Å². The molecule has 0 atom stereocenters. The molecule has 0 heterocycles. The van der Waals surface area contributed by atoms with Gasteiger partial charge in [0, 0.05) is 26.7 Å². The lowest BCUT2D eigenvalue weighted by Gasteiger charge is -2.23. The summed E-state index contributed by atoms with van der Waals surface area (Å²) in [5.74, 6) is -1.48. The van der Waals surface area contributed by atoms with E-state index in [0.717, 1.165) is 12.8 Å². The Balaban J connectivity index is 2.38. The summed E-state index contributed by atoms with van der Waals surface area (Å²) in [4.78, 5) is 37.2. The molecule has 0 aliphatic heterocycles. The van der Waals surface area contributed by atoms with E-state index in [0.29, 0.717) is 13.2 Å². The summed E-state index contributed by atoms with van der Waals surface area (Å²) in [6.07, 6.45) is 1.99. The number of carboxylic acids is 1. The topological polar surface area (TPSA) is 99.2 Å². The zero-order valence-electron chi connectivity index (χ0n) is 12.5. The van der Waals surface area contributed by atoms with Crippen molar-refractivity contribution in [3.05, 3.63) is 0 Å². The summed E-state index contributed by atoms with van der Waals surface area (Å²) in [6, 6.07) is 0.256. The zero-order valence-corrected chi connectivity index (χ0v) is 12.5. The molecule has 2 amide bonds. The Morgan fingerprint density at radius 1 is 1.24 bits per heavy atom. The second-order valence-electron chi connectivity index (χ2n) is 5.19. The second kappa shape index (κ2) is 8.58. The minimum atomic E-state index is -1.01. The molecule has 0 bridgehead atoms. The average Bonchev–Trinajstić information content (AvgIpc) is 3.18. The van der Waals surface area contributed by atoms with Crippen molar-refractivity contribution >= 4 is 17.8 Å². The molecule has 0 aromatic carbocycles. The highest BCUT2D eigenvalue weighted by Crippen LogP contribution is 2.18. The number of hydrogen-bond donors (Lipinski definition) is 2. The molecule has 2 N–H and O–H groups in total. The highest BCUT2D eigenvalue weighted by molar-refractivity contribution is 5.86. The number of nitrogens with zero attached hydrogens (tertiary/aromatic N) is 2. The first-order valence-electron chi connectivity index (χ1n) is 6.88. The van der Waals surface area contributed by atoms with Gasteiger partial charge in [-0.3, -0.25) is 19.3 Å². The Kier molecular flexibility index (Phi) is 7.10. The summed E-state index contributed by atoms with van der Waals surface area (Å²) < 4.78 is 4.89. The molecule has 0 aromatic heterocycles. The van der Waals surface area contributed by atoms with Gasteiger partial charge in [0.05, 0.1) is 26.2 Å². The van der Waals surface area contributed by atoms with Crippen molar-refractivity contribution in [1.82, 2.24) is 15.1 Å². The van der Waals surface area contributed by atoms with Crippen LogP contribution < -0.4 is 5.32 Å². The number of amides is 2. The van der Waals surface area contributed by atoms with Gasteiger partial charge in [-0.2, -0.15) is 0 Å². The van der Waals surface area contributed by atoms with Crippen LogP contribution in [-0.2, 0) is 19.1 Å².